The molecule has 1 atom stereocenters. The van der Waals surface area contributed by atoms with Crippen LogP contribution in [0, 0.1) is 5.82 Å². The number of anilines is 2. The van der Waals surface area contributed by atoms with Gasteiger partial charge in [0.2, 0.25) is 5.91 Å². The molecule has 6 heteroatoms. The van der Waals surface area contributed by atoms with Crippen molar-refractivity contribution in [3.63, 3.8) is 0 Å². The number of hydrogen-bond acceptors (Lipinski definition) is 2. The van der Waals surface area contributed by atoms with E-state index < -0.39 is 23.3 Å². The monoisotopic (exact) mass is 319 g/mol. The second kappa shape index (κ2) is 5.10. The van der Waals surface area contributed by atoms with Gasteiger partial charge in [0, 0.05) is 5.02 Å². The van der Waals surface area contributed by atoms with Crippen LogP contribution in [-0.4, -0.2) is 17.0 Å². The Balaban J connectivity index is 2.12. The van der Waals surface area contributed by atoms with Crippen LogP contribution < -0.4 is 4.90 Å². The fourth-order valence-electron chi connectivity index (χ4n) is 2.60. The first-order chi connectivity index (χ1) is 10.4. The lowest BCUT2D eigenvalue weighted by Crippen LogP contribution is -2.23. The van der Waals surface area contributed by atoms with Crippen LogP contribution in [0.15, 0.2) is 36.4 Å². The Labute approximate surface area is 130 Å². The highest BCUT2D eigenvalue weighted by Crippen LogP contribution is 2.43. The van der Waals surface area contributed by atoms with E-state index in [-0.39, 0.29) is 5.91 Å². The van der Waals surface area contributed by atoms with Gasteiger partial charge in [0.1, 0.15) is 5.82 Å². The van der Waals surface area contributed by atoms with Gasteiger partial charge in [0.05, 0.1) is 22.9 Å². The van der Waals surface area contributed by atoms with E-state index >= 15 is 0 Å². The summed E-state index contributed by atoms with van der Waals surface area (Å²) in [5, 5.41) is 9.39. The van der Waals surface area contributed by atoms with E-state index in [1.165, 1.54) is 11.0 Å². The van der Waals surface area contributed by atoms with Gasteiger partial charge in [-0.05, 0) is 48.9 Å². The highest BCUT2D eigenvalue weighted by molar-refractivity contribution is 6.31. The smallest absolute Gasteiger partial charge is 0.338 e. The van der Waals surface area contributed by atoms with Crippen molar-refractivity contribution in [1.82, 2.24) is 0 Å². The summed E-state index contributed by atoms with van der Waals surface area (Å²) in [5.74, 6) is -2.83. The van der Waals surface area contributed by atoms with Gasteiger partial charge in [0.15, 0.2) is 0 Å². The normalized spacial score (nSPS) is 16.8. The molecule has 0 unspecified atom stereocenters. The summed E-state index contributed by atoms with van der Waals surface area (Å²) in [6.45, 7) is 1.75. The average Bonchev–Trinajstić information content (AvgIpc) is 2.70. The third-order valence-electron chi connectivity index (χ3n) is 3.73. The van der Waals surface area contributed by atoms with Crippen molar-refractivity contribution in [2.24, 2.45) is 0 Å². The van der Waals surface area contributed by atoms with E-state index in [1.54, 1.807) is 25.1 Å². The molecule has 1 amide bonds. The van der Waals surface area contributed by atoms with Crippen LogP contribution >= 0.6 is 11.6 Å². The van der Waals surface area contributed by atoms with Gasteiger partial charge in [-0.25, -0.2) is 9.18 Å². The molecule has 0 aromatic heterocycles. The van der Waals surface area contributed by atoms with Gasteiger partial charge in [-0.15, -0.1) is 0 Å². The molecule has 0 spiro atoms. The number of nitrogens with zero attached hydrogens (tertiary/aromatic N) is 1. The standard InChI is InChI=1S/C16H11ClFNO3/c1-8-12-6-9(17)2-5-14(12)19(15(8)20)10-3-4-11(16(21)22)13(18)7-10/h2-8H,1H3,(H,21,22)/t8-/m1/s1. The molecule has 0 saturated carbocycles. The minimum Gasteiger partial charge on any atom is -0.478 e. The third-order valence-corrected chi connectivity index (χ3v) is 3.96. The first-order valence-corrected chi connectivity index (χ1v) is 6.94. The minimum atomic E-state index is -1.35. The van der Waals surface area contributed by atoms with E-state index in [4.69, 9.17) is 16.7 Å². The summed E-state index contributed by atoms with van der Waals surface area (Å²) in [5.41, 5.74) is 1.25. The number of halogens is 2. The molecule has 112 valence electrons. The number of carboxylic acids is 1. The molecule has 0 saturated heterocycles. The predicted octanol–water partition coefficient (Wildman–Crippen LogP) is 3.96. The number of carbonyl (C=O) groups excluding carboxylic acids is 1. The van der Waals surface area contributed by atoms with Crippen molar-refractivity contribution >= 4 is 34.9 Å². The average molecular weight is 320 g/mol. The van der Waals surface area contributed by atoms with Crippen LogP contribution in [0.25, 0.3) is 0 Å². The number of amides is 1. The lowest BCUT2D eigenvalue weighted by molar-refractivity contribution is -0.118. The molecule has 1 N–H and O–H groups in total. The van der Waals surface area contributed by atoms with Gasteiger partial charge >= 0.3 is 5.97 Å². The molecule has 4 nitrogen and oxygen atoms in total. The number of carbonyl (C=O) groups is 2. The lowest BCUT2D eigenvalue weighted by atomic mass is 10.0. The lowest BCUT2D eigenvalue weighted by Gasteiger charge is -2.18. The Kier molecular flexibility index (Phi) is 3.37. The highest BCUT2D eigenvalue weighted by atomic mass is 35.5. The van der Waals surface area contributed by atoms with Crippen LogP contribution in [0.5, 0.6) is 0 Å². The number of carboxylic acid groups (broad SMARTS) is 1. The van der Waals surface area contributed by atoms with Crippen LogP contribution in [0.2, 0.25) is 5.02 Å². The number of hydrogen-bond donors (Lipinski definition) is 1. The molecule has 1 aliphatic heterocycles. The Morgan fingerprint density at radius 2 is 2.00 bits per heavy atom. The molecule has 1 heterocycles. The van der Waals surface area contributed by atoms with E-state index in [0.717, 1.165) is 17.7 Å². The summed E-state index contributed by atoms with van der Waals surface area (Å²) in [4.78, 5) is 24.7. The highest BCUT2D eigenvalue weighted by Gasteiger charge is 2.35. The van der Waals surface area contributed by atoms with Crippen molar-refractivity contribution in [2.45, 2.75) is 12.8 Å². The Morgan fingerprint density at radius 1 is 1.27 bits per heavy atom. The van der Waals surface area contributed by atoms with Gasteiger partial charge in [-0.1, -0.05) is 11.6 Å². The summed E-state index contributed by atoms with van der Waals surface area (Å²) < 4.78 is 13.9. The maximum absolute atomic E-state index is 13.9. The predicted molar refractivity (Wildman–Crippen MR) is 80.4 cm³/mol. The van der Waals surface area contributed by atoms with Gasteiger partial charge in [0.25, 0.3) is 0 Å². The fraction of sp³-hybridized carbons (Fsp3) is 0.125. The minimum absolute atomic E-state index is 0.209. The first kappa shape index (κ1) is 14.5. The quantitative estimate of drug-likeness (QED) is 0.911. The van der Waals surface area contributed by atoms with Crippen molar-refractivity contribution in [3.8, 4) is 0 Å². The molecular weight excluding hydrogens is 309 g/mol. The summed E-state index contributed by atoms with van der Waals surface area (Å²) >= 11 is 5.96. The van der Waals surface area contributed by atoms with Crippen LogP contribution in [-0.2, 0) is 4.79 Å². The zero-order valence-corrected chi connectivity index (χ0v) is 12.3. The molecule has 3 rings (SSSR count). The van der Waals surface area contributed by atoms with Crippen molar-refractivity contribution in [3.05, 3.63) is 58.4 Å². The maximum Gasteiger partial charge on any atom is 0.338 e. The molecule has 2 aromatic carbocycles. The van der Waals surface area contributed by atoms with E-state index in [2.05, 4.69) is 0 Å². The summed E-state index contributed by atoms with van der Waals surface area (Å²) in [7, 11) is 0. The molecule has 0 bridgehead atoms. The van der Waals surface area contributed by atoms with E-state index in [0.29, 0.717) is 16.4 Å². The summed E-state index contributed by atoms with van der Waals surface area (Å²) in [6, 6.07) is 8.68. The summed E-state index contributed by atoms with van der Waals surface area (Å²) in [6.07, 6.45) is 0. The SMILES string of the molecule is C[C@H]1C(=O)N(c2ccc(C(=O)O)c(F)c2)c2ccc(Cl)cc21. The Morgan fingerprint density at radius 3 is 2.64 bits per heavy atom. The number of rotatable bonds is 2. The molecule has 0 aliphatic carbocycles. The molecule has 0 radical (unpaired) electrons. The van der Waals surface area contributed by atoms with Crippen LogP contribution in [0.4, 0.5) is 15.8 Å². The van der Waals surface area contributed by atoms with Crippen LogP contribution in [0.3, 0.4) is 0 Å². The number of benzene rings is 2. The van der Waals surface area contributed by atoms with E-state index in [1.807, 2.05) is 0 Å². The van der Waals surface area contributed by atoms with Crippen molar-refractivity contribution in [2.75, 3.05) is 4.90 Å². The first-order valence-electron chi connectivity index (χ1n) is 6.56. The molecule has 0 fully saturated rings. The second-order valence-corrected chi connectivity index (χ2v) is 5.50. The molecule has 1 aliphatic rings. The van der Waals surface area contributed by atoms with Crippen LogP contribution in [0.1, 0.15) is 28.8 Å². The Bertz CT molecular complexity index is 806. The van der Waals surface area contributed by atoms with Crippen molar-refractivity contribution in [1.29, 1.82) is 0 Å². The fourth-order valence-corrected chi connectivity index (χ4v) is 2.78. The van der Waals surface area contributed by atoms with E-state index in [9.17, 15) is 14.0 Å². The maximum atomic E-state index is 13.9. The zero-order valence-electron chi connectivity index (χ0n) is 11.5. The van der Waals surface area contributed by atoms with Gasteiger partial charge in [-0.3, -0.25) is 9.69 Å². The number of fused-ring (bicyclic) bond motifs is 1. The largest absolute Gasteiger partial charge is 0.478 e. The third kappa shape index (κ3) is 2.14. The molecular formula is C16H11ClFNO3. The zero-order chi connectivity index (χ0) is 16.0. The van der Waals surface area contributed by atoms with Gasteiger partial charge in [-0.2, -0.15) is 0 Å². The van der Waals surface area contributed by atoms with Crippen molar-refractivity contribution < 1.29 is 19.1 Å². The second-order valence-electron chi connectivity index (χ2n) is 5.07. The topological polar surface area (TPSA) is 57.6 Å². The Hall–Kier alpha value is -2.40. The molecule has 2 aromatic rings. The van der Waals surface area contributed by atoms with Gasteiger partial charge < -0.3 is 5.11 Å². The molecule has 22 heavy (non-hydrogen) atoms. The number of aromatic carboxylic acids is 1.